The van der Waals surface area contributed by atoms with Gasteiger partial charge in [-0.05, 0) is 43.8 Å². The van der Waals surface area contributed by atoms with Crippen LogP contribution in [0, 0.1) is 5.82 Å². The Morgan fingerprint density at radius 2 is 2.11 bits per heavy atom. The molecule has 0 saturated heterocycles. The van der Waals surface area contributed by atoms with Gasteiger partial charge in [-0.2, -0.15) is 0 Å². The topological polar surface area (TPSA) is 25.2 Å². The maximum atomic E-state index is 13.2. The average molecular weight is 268 g/mol. The number of nitrogens with one attached hydrogen (secondary N) is 1. The Hall–Kier alpha value is -1.32. The summed E-state index contributed by atoms with van der Waals surface area (Å²) < 4.78 is 19.0. The van der Waals surface area contributed by atoms with Gasteiger partial charge < -0.3 is 9.73 Å². The van der Waals surface area contributed by atoms with Crippen LogP contribution in [0.2, 0.25) is 5.02 Å². The second-order valence-electron chi connectivity index (χ2n) is 4.08. The van der Waals surface area contributed by atoms with Crippen LogP contribution in [0.5, 0.6) is 0 Å². The van der Waals surface area contributed by atoms with E-state index in [1.807, 2.05) is 19.2 Å². The van der Waals surface area contributed by atoms with E-state index < -0.39 is 0 Å². The second-order valence-corrected chi connectivity index (χ2v) is 4.48. The van der Waals surface area contributed by atoms with Crippen molar-refractivity contribution in [2.45, 2.75) is 19.4 Å². The first-order chi connectivity index (χ1) is 8.65. The van der Waals surface area contributed by atoms with Gasteiger partial charge in [0.05, 0.1) is 11.1 Å². The van der Waals surface area contributed by atoms with Crippen LogP contribution >= 0.6 is 11.6 Å². The standard InChI is InChI=1S/C14H15ClFNO/c1-3-12(17-2)14-7-6-13(18-14)10-8-9(16)4-5-11(10)15/h4-8,12,17H,3H2,1-2H3. The molecule has 0 aliphatic heterocycles. The summed E-state index contributed by atoms with van der Waals surface area (Å²) in [6.07, 6.45) is 0.917. The summed E-state index contributed by atoms with van der Waals surface area (Å²) in [5.41, 5.74) is 0.578. The van der Waals surface area contributed by atoms with Crippen LogP contribution < -0.4 is 5.32 Å². The second kappa shape index (κ2) is 5.55. The first-order valence-corrected chi connectivity index (χ1v) is 6.26. The summed E-state index contributed by atoms with van der Waals surface area (Å²) >= 11 is 6.05. The Kier molecular flexibility index (Phi) is 4.04. The third-order valence-corrected chi connectivity index (χ3v) is 3.25. The highest BCUT2D eigenvalue weighted by Gasteiger charge is 2.14. The van der Waals surface area contributed by atoms with E-state index in [2.05, 4.69) is 12.2 Å². The molecule has 0 saturated carbocycles. The lowest BCUT2D eigenvalue weighted by Gasteiger charge is -2.10. The van der Waals surface area contributed by atoms with E-state index in [1.54, 1.807) is 0 Å². The van der Waals surface area contributed by atoms with E-state index >= 15 is 0 Å². The van der Waals surface area contributed by atoms with Crippen molar-refractivity contribution in [2.75, 3.05) is 7.05 Å². The number of hydrogen-bond acceptors (Lipinski definition) is 2. The molecule has 1 aromatic carbocycles. The van der Waals surface area contributed by atoms with Crippen molar-refractivity contribution >= 4 is 11.6 Å². The number of hydrogen-bond donors (Lipinski definition) is 1. The lowest BCUT2D eigenvalue weighted by atomic mass is 10.1. The summed E-state index contributed by atoms with van der Waals surface area (Å²) in [5.74, 6) is 1.09. The van der Waals surface area contributed by atoms with Crippen molar-refractivity contribution in [3.05, 3.63) is 46.9 Å². The third-order valence-electron chi connectivity index (χ3n) is 2.92. The van der Waals surface area contributed by atoms with Crippen molar-refractivity contribution in [2.24, 2.45) is 0 Å². The molecule has 0 radical (unpaired) electrons. The molecule has 1 unspecified atom stereocenters. The maximum absolute atomic E-state index is 13.2. The highest BCUT2D eigenvalue weighted by molar-refractivity contribution is 6.33. The molecule has 96 valence electrons. The zero-order valence-electron chi connectivity index (χ0n) is 10.3. The van der Waals surface area contributed by atoms with Gasteiger partial charge in [-0.25, -0.2) is 4.39 Å². The molecule has 0 aliphatic carbocycles. The van der Waals surface area contributed by atoms with E-state index in [0.29, 0.717) is 16.3 Å². The average Bonchev–Trinajstić information content (AvgIpc) is 2.83. The summed E-state index contributed by atoms with van der Waals surface area (Å²) in [4.78, 5) is 0. The lowest BCUT2D eigenvalue weighted by Crippen LogP contribution is -2.14. The van der Waals surface area contributed by atoms with Crippen LogP contribution in [0.3, 0.4) is 0 Å². The van der Waals surface area contributed by atoms with Crippen LogP contribution in [0.25, 0.3) is 11.3 Å². The maximum Gasteiger partial charge on any atom is 0.135 e. The third kappa shape index (κ3) is 2.57. The Morgan fingerprint density at radius 3 is 2.78 bits per heavy atom. The molecular weight excluding hydrogens is 253 g/mol. The Morgan fingerprint density at radius 1 is 1.33 bits per heavy atom. The van der Waals surface area contributed by atoms with Crippen molar-refractivity contribution in [3.8, 4) is 11.3 Å². The van der Waals surface area contributed by atoms with Crippen LogP contribution in [-0.2, 0) is 0 Å². The van der Waals surface area contributed by atoms with Gasteiger partial charge >= 0.3 is 0 Å². The smallest absolute Gasteiger partial charge is 0.135 e. The fourth-order valence-corrected chi connectivity index (χ4v) is 2.13. The van der Waals surface area contributed by atoms with E-state index in [4.69, 9.17) is 16.0 Å². The zero-order chi connectivity index (χ0) is 13.1. The summed E-state index contributed by atoms with van der Waals surface area (Å²) in [6.45, 7) is 2.07. The first-order valence-electron chi connectivity index (χ1n) is 5.88. The molecular formula is C14H15ClFNO. The number of rotatable bonds is 4. The molecule has 0 bridgehead atoms. The van der Waals surface area contributed by atoms with Gasteiger partial charge in [-0.3, -0.25) is 0 Å². The molecule has 2 rings (SSSR count). The molecule has 4 heteroatoms. The first kappa shape index (κ1) is 13.1. The van der Waals surface area contributed by atoms with Crippen LogP contribution in [0.1, 0.15) is 25.1 Å². The largest absolute Gasteiger partial charge is 0.459 e. The zero-order valence-corrected chi connectivity index (χ0v) is 11.1. The quantitative estimate of drug-likeness (QED) is 0.888. The van der Waals surface area contributed by atoms with Gasteiger partial charge in [0.25, 0.3) is 0 Å². The molecule has 0 fully saturated rings. The molecule has 1 N–H and O–H groups in total. The normalized spacial score (nSPS) is 12.7. The van der Waals surface area contributed by atoms with E-state index in [9.17, 15) is 4.39 Å². The molecule has 1 atom stereocenters. The fraction of sp³-hybridized carbons (Fsp3) is 0.286. The molecule has 2 aromatic rings. The van der Waals surface area contributed by atoms with E-state index in [1.165, 1.54) is 18.2 Å². The van der Waals surface area contributed by atoms with Crippen molar-refractivity contribution in [1.29, 1.82) is 0 Å². The number of furan rings is 1. The van der Waals surface area contributed by atoms with Crippen LogP contribution in [0.15, 0.2) is 34.7 Å². The van der Waals surface area contributed by atoms with Gasteiger partial charge in [0.15, 0.2) is 0 Å². The van der Waals surface area contributed by atoms with Gasteiger partial charge in [0.2, 0.25) is 0 Å². The Bertz CT molecular complexity index is 534. The Labute approximate surface area is 111 Å². The molecule has 2 nitrogen and oxygen atoms in total. The molecule has 1 heterocycles. The lowest BCUT2D eigenvalue weighted by molar-refractivity contribution is 0.431. The summed E-state index contributed by atoms with van der Waals surface area (Å²) in [6, 6.07) is 8.11. The van der Waals surface area contributed by atoms with Crippen LogP contribution in [0.4, 0.5) is 4.39 Å². The predicted octanol–water partition coefficient (Wildman–Crippen LogP) is 4.41. The van der Waals surface area contributed by atoms with Crippen molar-refractivity contribution < 1.29 is 8.81 Å². The van der Waals surface area contributed by atoms with Gasteiger partial charge in [0, 0.05) is 5.56 Å². The highest BCUT2D eigenvalue weighted by Crippen LogP contribution is 2.31. The van der Waals surface area contributed by atoms with Gasteiger partial charge in [-0.15, -0.1) is 0 Å². The molecule has 18 heavy (non-hydrogen) atoms. The minimum absolute atomic E-state index is 0.158. The van der Waals surface area contributed by atoms with E-state index in [0.717, 1.165) is 12.2 Å². The number of benzene rings is 1. The number of halogens is 2. The molecule has 1 aromatic heterocycles. The fourth-order valence-electron chi connectivity index (χ4n) is 1.92. The minimum atomic E-state index is -0.326. The predicted molar refractivity (Wildman–Crippen MR) is 71.2 cm³/mol. The Balaban J connectivity index is 2.37. The molecule has 0 aliphatic rings. The van der Waals surface area contributed by atoms with Crippen LogP contribution in [-0.4, -0.2) is 7.05 Å². The monoisotopic (exact) mass is 267 g/mol. The van der Waals surface area contributed by atoms with E-state index in [-0.39, 0.29) is 11.9 Å². The highest BCUT2D eigenvalue weighted by atomic mass is 35.5. The SMILES string of the molecule is CCC(NC)c1ccc(-c2cc(F)ccc2Cl)o1. The summed E-state index contributed by atoms with van der Waals surface area (Å²) in [5, 5.41) is 3.64. The van der Waals surface area contributed by atoms with Crippen molar-refractivity contribution in [1.82, 2.24) is 5.32 Å². The molecule has 0 spiro atoms. The van der Waals surface area contributed by atoms with Gasteiger partial charge in [-0.1, -0.05) is 18.5 Å². The summed E-state index contributed by atoms with van der Waals surface area (Å²) in [7, 11) is 1.88. The molecule has 0 amide bonds. The minimum Gasteiger partial charge on any atom is -0.459 e. The van der Waals surface area contributed by atoms with Crippen molar-refractivity contribution in [3.63, 3.8) is 0 Å². The van der Waals surface area contributed by atoms with Gasteiger partial charge in [0.1, 0.15) is 17.3 Å².